The van der Waals surface area contributed by atoms with Crippen molar-refractivity contribution in [3.63, 3.8) is 0 Å². The van der Waals surface area contributed by atoms with Gasteiger partial charge in [0, 0.05) is 45.5 Å². The molecule has 0 unspecified atom stereocenters. The second kappa shape index (κ2) is 9.36. The van der Waals surface area contributed by atoms with Gasteiger partial charge in [-0.05, 0) is 25.5 Å². The van der Waals surface area contributed by atoms with E-state index in [2.05, 4.69) is 9.97 Å². The molecule has 8 heteroatoms. The third kappa shape index (κ3) is 5.22. The topological polar surface area (TPSA) is 78.9 Å². The van der Waals surface area contributed by atoms with Crippen molar-refractivity contribution in [3.05, 3.63) is 53.3 Å². The van der Waals surface area contributed by atoms with Crippen LogP contribution in [0.25, 0.3) is 0 Å². The highest BCUT2D eigenvalue weighted by molar-refractivity contribution is 5.92. The van der Waals surface area contributed by atoms with Crippen LogP contribution >= 0.6 is 0 Å². The molecule has 0 radical (unpaired) electrons. The number of benzene rings is 1. The predicted molar refractivity (Wildman–Crippen MR) is 110 cm³/mol. The summed E-state index contributed by atoms with van der Waals surface area (Å²) in [5, 5.41) is 0. The number of carbonyl (C=O) groups excluding carboxylic acids is 2. The highest BCUT2D eigenvalue weighted by Gasteiger charge is 2.24. The summed E-state index contributed by atoms with van der Waals surface area (Å²) < 4.78 is 5.05. The van der Waals surface area contributed by atoms with Crippen molar-refractivity contribution in [1.82, 2.24) is 19.8 Å². The fourth-order valence-electron chi connectivity index (χ4n) is 3.23. The fraction of sp³-hybridized carbons (Fsp3) is 0.429. The van der Waals surface area contributed by atoms with Crippen LogP contribution in [0.3, 0.4) is 0 Å². The SMILES string of the molecule is CCOC(=O)N1CCN(c2nc(C)cc(C(=O)N(C)Cc3ccccc3)n2)CC1. The average molecular weight is 397 g/mol. The van der Waals surface area contributed by atoms with Gasteiger partial charge < -0.3 is 19.4 Å². The molecule has 2 amide bonds. The van der Waals surface area contributed by atoms with Crippen molar-refractivity contribution < 1.29 is 14.3 Å². The normalized spacial score (nSPS) is 13.9. The van der Waals surface area contributed by atoms with E-state index in [1.165, 1.54) is 0 Å². The lowest BCUT2D eigenvalue weighted by atomic mass is 10.2. The standard InChI is InChI=1S/C21H27N5O3/c1-4-29-21(28)26-12-10-25(11-13-26)20-22-16(2)14-18(23-20)19(27)24(3)15-17-8-6-5-7-9-17/h5-9,14H,4,10-13,15H2,1-3H3. The van der Waals surface area contributed by atoms with Crippen LogP contribution < -0.4 is 4.90 Å². The molecular formula is C21H27N5O3. The minimum atomic E-state index is -0.296. The van der Waals surface area contributed by atoms with Gasteiger partial charge in [0.15, 0.2) is 0 Å². The van der Waals surface area contributed by atoms with Gasteiger partial charge in [0.25, 0.3) is 5.91 Å². The molecule has 1 saturated heterocycles. The number of nitrogens with zero attached hydrogens (tertiary/aromatic N) is 5. The molecule has 29 heavy (non-hydrogen) atoms. The van der Waals surface area contributed by atoms with Crippen LogP contribution in [0.4, 0.5) is 10.7 Å². The van der Waals surface area contributed by atoms with Gasteiger partial charge >= 0.3 is 6.09 Å². The van der Waals surface area contributed by atoms with Crippen molar-refractivity contribution in [1.29, 1.82) is 0 Å². The van der Waals surface area contributed by atoms with Gasteiger partial charge in [0.1, 0.15) is 5.69 Å². The van der Waals surface area contributed by atoms with Crippen molar-refractivity contribution in [3.8, 4) is 0 Å². The van der Waals surface area contributed by atoms with Crippen molar-refractivity contribution in [2.75, 3.05) is 44.7 Å². The first-order valence-corrected chi connectivity index (χ1v) is 9.79. The number of hydrogen-bond donors (Lipinski definition) is 0. The molecule has 1 aliphatic heterocycles. The monoisotopic (exact) mass is 397 g/mol. The molecule has 0 spiro atoms. The van der Waals surface area contributed by atoms with Gasteiger partial charge in [-0.3, -0.25) is 4.79 Å². The lowest BCUT2D eigenvalue weighted by molar-refractivity contribution is 0.0779. The van der Waals surface area contributed by atoms with E-state index < -0.39 is 0 Å². The summed E-state index contributed by atoms with van der Waals surface area (Å²) in [5.41, 5.74) is 2.17. The van der Waals surface area contributed by atoms with Gasteiger partial charge in [-0.1, -0.05) is 30.3 Å². The largest absolute Gasteiger partial charge is 0.450 e. The summed E-state index contributed by atoms with van der Waals surface area (Å²) in [6, 6.07) is 11.6. The van der Waals surface area contributed by atoms with Crippen LogP contribution in [0.1, 0.15) is 28.7 Å². The van der Waals surface area contributed by atoms with Gasteiger partial charge in [-0.2, -0.15) is 0 Å². The Labute approximate surface area is 171 Å². The van der Waals surface area contributed by atoms with Crippen molar-refractivity contribution in [2.24, 2.45) is 0 Å². The van der Waals surface area contributed by atoms with E-state index in [-0.39, 0.29) is 12.0 Å². The Hall–Kier alpha value is -3.16. The molecule has 0 saturated carbocycles. The maximum atomic E-state index is 12.9. The molecule has 3 rings (SSSR count). The van der Waals surface area contributed by atoms with Gasteiger partial charge in [0.05, 0.1) is 6.61 Å². The zero-order valence-electron chi connectivity index (χ0n) is 17.2. The van der Waals surface area contributed by atoms with Gasteiger partial charge in [-0.15, -0.1) is 0 Å². The Morgan fingerprint density at radius 2 is 1.79 bits per heavy atom. The molecule has 0 atom stereocenters. The maximum Gasteiger partial charge on any atom is 0.409 e. The van der Waals surface area contributed by atoms with Gasteiger partial charge in [0.2, 0.25) is 5.95 Å². The van der Waals surface area contributed by atoms with Crippen LogP contribution in [-0.4, -0.2) is 71.6 Å². The summed E-state index contributed by atoms with van der Waals surface area (Å²) in [5.74, 6) is 0.371. The van der Waals surface area contributed by atoms with Crippen LogP contribution in [0.15, 0.2) is 36.4 Å². The van der Waals surface area contributed by atoms with E-state index >= 15 is 0 Å². The first kappa shape index (κ1) is 20.6. The number of anilines is 1. The first-order valence-electron chi connectivity index (χ1n) is 9.79. The number of hydrogen-bond acceptors (Lipinski definition) is 6. The molecule has 1 aliphatic rings. The summed E-state index contributed by atoms with van der Waals surface area (Å²) >= 11 is 0. The summed E-state index contributed by atoms with van der Waals surface area (Å²) in [7, 11) is 1.77. The third-order valence-corrected chi connectivity index (χ3v) is 4.76. The number of piperazine rings is 1. The summed E-state index contributed by atoms with van der Waals surface area (Å²) in [4.78, 5) is 39.1. The second-order valence-electron chi connectivity index (χ2n) is 7.01. The Morgan fingerprint density at radius 3 is 2.45 bits per heavy atom. The Kier molecular flexibility index (Phi) is 6.64. The van der Waals surface area contributed by atoms with E-state index in [1.54, 1.807) is 29.8 Å². The minimum absolute atomic E-state index is 0.147. The highest BCUT2D eigenvalue weighted by atomic mass is 16.6. The number of aryl methyl sites for hydroxylation is 1. The quantitative estimate of drug-likeness (QED) is 0.771. The fourth-order valence-corrected chi connectivity index (χ4v) is 3.23. The Bertz CT molecular complexity index is 851. The molecule has 1 fully saturated rings. The minimum Gasteiger partial charge on any atom is -0.450 e. The smallest absolute Gasteiger partial charge is 0.409 e. The molecule has 2 heterocycles. The lowest BCUT2D eigenvalue weighted by Gasteiger charge is -2.34. The maximum absolute atomic E-state index is 12.9. The van der Waals surface area contributed by atoms with E-state index in [0.29, 0.717) is 51.0 Å². The summed E-state index contributed by atoms with van der Waals surface area (Å²) in [6.45, 7) is 6.78. The lowest BCUT2D eigenvalue weighted by Crippen LogP contribution is -2.49. The molecule has 2 aromatic rings. The number of amides is 2. The van der Waals surface area contributed by atoms with Crippen LogP contribution in [0, 0.1) is 6.92 Å². The molecule has 8 nitrogen and oxygen atoms in total. The first-order chi connectivity index (χ1) is 14.0. The molecule has 1 aromatic heterocycles. The summed E-state index contributed by atoms with van der Waals surface area (Å²) in [6.07, 6.45) is -0.296. The molecule has 0 N–H and O–H groups in total. The van der Waals surface area contributed by atoms with Crippen LogP contribution in [0.5, 0.6) is 0 Å². The zero-order chi connectivity index (χ0) is 20.8. The van der Waals surface area contributed by atoms with Crippen LogP contribution in [0.2, 0.25) is 0 Å². The average Bonchev–Trinajstić information content (AvgIpc) is 2.73. The van der Waals surface area contributed by atoms with Gasteiger partial charge in [-0.25, -0.2) is 14.8 Å². The van der Waals surface area contributed by atoms with E-state index in [9.17, 15) is 9.59 Å². The molecule has 0 bridgehead atoms. The predicted octanol–water partition coefficient (Wildman–Crippen LogP) is 2.34. The zero-order valence-corrected chi connectivity index (χ0v) is 17.2. The van der Waals surface area contributed by atoms with E-state index in [4.69, 9.17) is 4.74 Å². The number of ether oxygens (including phenoxy) is 1. The second-order valence-corrected chi connectivity index (χ2v) is 7.01. The third-order valence-electron chi connectivity index (χ3n) is 4.76. The Morgan fingerprint density at radius 1 is 1.10 bits per heavy atom. The van der Waals surface area contributed by atoms with E-state index in [1.807, 2.05) is 42.2 Å². The highest BCUT2D eigenvalue weighted by Crippen LogP contribution is 2.15. The van der Waals surface area contributed by atoms with E-state index in [0.717, 1.165) is 11.3 Å². The number of aromatic nitrogens is 2. The van der Waals surface area contributed by atoms with Crippen molar-refractivity contribution >= 4 is 17.9 Å². The van der Waals surface area contributed by atoms with Crippen molar-refractivity contribution in [2.45, 2.75) is 20.4 Å². The Balaban J connectivity index is 1.68. The molecule has 0 aliphatic carbocycles. The number of carbonyl (C=O) groups is 2. The molecule has 154 valence electrons. The molecule has 1 aromatic carbocycles. The number of rotatable bonds is 5. The molecular weight excluding hydrogens is 370 g/mol. The van der Waals surface area contributed by atoms with Crippen LogP contribution in [-0.2, 0) is 11.3 Å².